The monoisotopic (exact) mass is 376 g/mol. The molecule has 7 nitrogen and oxygen atoms in total. The number of aromatic nitrogens is 2. The second-order valence-corrected chi connectivity index (χ2v) is 8.40. The van der Waals surface area contributed by atoms with E-state index in [-0.39, 0.29) is 23.3 Å². The van der Waals surface area contributed by atoms with Gasteiger partial charge >= 0.3 is 0 Å². The molecule has 0 aliphatic carbocycles. The molecule has 2 heterocycles. The lowest BCUT2D eigenvalue weighted by molar-refractivity contribution is -0.126. The Hall–Kier alpha value is -2.19. The predicted octanol–water partition coefficient (Wildman–Crippen LogP) is 1.49. The van der Waals surface area contributed by atoms with Crippen molar-refractivity contribution in [3.8, 4) is 0 Å². The summed E-state index contributed by atoms with van der Waals surface area (Å²) in [4.78, 5) is 16.7. The molecular weight excluding hydrogens is 352 g/mol. The maximum absolute atomic E-state index is 12.7. The molecule has 0 unspecified atom stereocenters. The Bertz CT molecular complexity index is 806. The van der Waals surface area contributed by atoms with Crippen LogP contribution in [0.1, 0.15) is 19.3 Å². The number of imidazole rings is 1. The zero-order valence-electron chi connectivity index (χ0n) is 14.6. The van der Waals surface area contributed by atoms with Gasteiger partial charge in [-0.15, -0.1) is 0 Å². The minimum atomic E-state index is -3.54. The Labute approximate surface area is 154 Å². The van der Waals surface area contributed by atoms with Crippen molar-refractivity contribution in [1.82, 2.24) is 19.2 Å². The molecule has 26 heavy (non-hydrogen) atoms. The second-order valence-electron chi connectivity index (χ2n) is 6.46. The van der Waals surface area contributed by atoms with Gasteiger partial charge in [-0.3, -0.25) is 4.79 Å². The molecule has 0 bridgehead atoms. The van der Waals surface area contributed by atoms with Crippen molar-refractivity contribution >= 4 is 15.9 Å². The van der Waals surface area contributed by atoms with Gasteiger partial charge in [-0.05, 0) is 31.4 Å². The van der Waals surface area contributed by atoms with E-state index in [1.54, 1.807) is 42.9 Å². The molecule has 2 aromatic rings. The zero-order chi connectivity index (χ0) is 18.4. The van der Waals surface area contributed by atoms with Crippen LogP contribution in [0.4, 0.5) is 0 Å². The molecule has 1 saturated heterocycles. The third-order valence-electron chi connectivity index (χ3n) is 4.59. The van der Waals surface area contributed by atoms with Crippen LogP contribution < -0.4 is 5.32 Å². The summed E-state index contributed by atoms with van der Waals surface area (Å²) < 4.78 is 28.9. The van der Waals surface area contributed by atoms with Crippen LogP contribution in [-0.4, -0.2) is 47.8 Å². The Morgan fingerprint density at radius 1 is 1.27 bits per heavy atom. The van der Waals surface area contributed by atoms with Gasteiger partial charge in [0.2, 0.25) is 15.9 Å². The van der Waals surface area contributed by atoms with Crippen molar-refractivity contribution in [2.45, 2.75) is 30.7 Å². The third kappa shape index (κ3) is 4.50. The van der Waals surface area contributed by atoms with E-state index in [0.29, 0.717) is 25.9 Å². The van der Waals surface area contributed by atoms with Crippen LogP contribution >= 0.6 is 0 Å². The maximum atomic E-state index is 12.7. The van der Waals surface area contributed by atoms with E-state index < -0.39 is 10.0 Å². The van der Waals surface area contributed by atoms with E-state index in [1.165, 1.54) is 4.31 Å². The highest BCUT2D eigenvalue weighted by Crippen LogP contribution is 2.23. The largest absolute Gasteiger partial charge is 0.356 e. The standard InChI is InChI=1S/C18H24N4O3S/c23-18(20-9-5-11-21-13-10-19-15-21)16-6-4-12-22(14-16)26(24,25)17-7-2-1-3-8-17/h1-3,7-8,10,13,15-16H,4-6,9,11-12,14H2,(H,20,23)/t16-/m1/s1. The van der Waals surface area contributed by atoms with Crippen LogP contribution in [0.2, 0.25) is 0 Å². The van der Waals surface area contributed by atoms with Gasteiger partial charge < -0.3 is 9.88 Å². The SMILES string of the molecule is O=C(NCCCn1ccnc1)[C@@H]1CCCN(S(=O)(=O)c2ccccc2)C1. The van der Waals surface area contributed by atoms with Crippen LogP contribution in [0, 0.1) is 5.92 Å². The number of aryl methyl sites for hydroxylation is 1. The first-order valence-electron chi connectivity index (χ1n) is 8.86. The van der Waals surface area contributed by atoms with E-state index in [9.17, 15) is 13.2 Å². The molecular formula is C18H24N4O3S. The van der Waals surface area contributed by atoms with Gasteiger partial charge in [0.15, 0.2) is 0 Å². The van der Waals surface area contributed by atoms with Gasteiger partial charge in [0, 0.05) is 38.6 Å². The molecule has 1 aromatic heterocycles. The molecule has 0 radical (unpaired) electrons. The van der Waals surface area contributed by atoms with Gasteiger partial charge in [0.1, 0.15) is 0 Å². The van der Waals surface area contributed by atoms with Crippen molar-refractivity contribution in [3.05, 3.63) is 49.1 Å². The van der Waals surface area contributed by atoms with Gasteiger partial charge in [-0.25, -0.2) is 13.4 Å². The number of amides is 1. The second kappa shape index (κ2) is 8.46. The van der Waals surface area contributed by atoms with Crippen LogP contribution in [0.5, 0.6) is 0 Å². The summed E-state index contributed by atoms with van der Waals surface area (Å²) in [5, 5.41) is 2.93. The summed E-state index contributed by atoms with van der Waals surface area (Å²) in [6.07, 6.45) is 7.57. The van der Waals surface area contributed by atoms with Gasteiger partial charge in [-0.2, -0.15) is 4.31 Å². The first-order chi connectivity index (χ1) is 12.6. The molecule has 1 aliphatic rings. The number of sulfonamides is 1. The fraction of sp³-hybridized carbons (Fsp3) is 0.444. The molecule has 0 spiro atoms. The quantitative estimate of drug-likeness (QED) is 0.742. The number of carbonyl (C=O) groups excluding carboxylic acids is 1. The van der Waals surface area contributed by atoms with Crippen LogP contribution in [-0.2, 0) is 21.4 Å². The van der Waals surface area contributed by atoms with E-state index >= 15 is 0 Å². The summed E-state index contributed by atoms with van der Waals surface area (Å²) in [5.41, 5.74) is 0. The van der Waals surface area contributed by atoms with Crippen LogP contribution in [0.3, 0.4) is 0 Å². The van der Waals surface area contributed by atoms with E-state index in [0.717, 1.165) is 13.0 Å². The first-order valence-corrected chi connectivity index (χ1v) is 10.3. The highest BCUT2D eigenvalue weighted by atomic mass is 32.2. The summed E-state index contributed by atoms with van der Waals surface area (Å²) in [6.45, 7) is 2.06. The number of carbonyl (C=O) groups is 1. The number of piperidine rings is 1. The van der Waals surface area contributed by atoms with E-state index in [4.69, 9.17) is 0 Å². The lowest BCUT2D eigenvalue weighted by Gasteiger charge is -2.31. The molecule has 140 valence electrons. The first kappa shape index (κ1) is 18.6. The Kier molecular flexibility index (Phi) is 6.05. The molecule has 1 atom stereocenters. The van der Waals surface area contributed by atoms with Gasteiger partial charge in [0.25, 0.3) is 0 Å². The van der Waals surface area contributed by atoms with Crippen molar-refractivity contribution in [2.24, 2.45) is 5.92 Å². The molecule has 0 saturated carbocycles. The average molecular weight is 376 g/mol. The molecule has 1 amide bonds. The van der Waals surface area contributed by atoms with E-state index in [1.807, 2.05) is 10.8 Å². The zero-order valence-corrected chi connectivity index (χ0v) is 15.4. The lowest BCUT2D eigenvalue weighted by atomic mass is 9.99. The van der Waals surface area contributed by atoms with E-state index in [2.05, 4.69) is 10.3 Å². The molecule has 1 fully saturated rings. The molecule has 1 N–H and O–H groups in total. The predicted molar refractivity (Wildman–Crippen MR) is 97.8 cm³/mol. The third-order valence-corrected chi connectivity index (χ3v) is 6.47. The Morgan fingerprint density at radius 3 is 2.81 bits per heavy atom. The maximum Gasteiger partial charge on any atom is 0.243 e. The summed E-state index contributed by atoms with van der Waals surface area (Å²) in [5.74, 6) is -0.362. The smallest absolute Gasteiger partial charge is 0.243 e. The molecule has 8 heteroatoms. The van der Waals surface area contributed by atoms with Crippen molar-refractivity contribution in [2.75, 3.05) is 19.6 Å². The number of hydrogen-bond donors (Lipinski definition) is 1. The number of nitrogens with zero attached hydrogens (tertiary/aromatic N) is 3. The Balaban J connectivity index is 1.52. The number of nitrogens with one attached hydrogen (secondary N) is 1. The number of benzene rings is 1. The van der Waals surface area contributed by atoms with Crippen molar-refractivity contribution in [1.29, 1.82) is 0 Å². The fourth-order valence-electron chi connectivity index (χ4n) is 3.15. The molecule has 1 aromatic carbocycles. The minimum absolute atomic E-state index is 0.0661. The normalized spacial score (nSPS) is 18.5. The highest BCUT2D eigenvalue weighted by Gasteiger charge is 2.33. The number of rotatable bonds is 7. The van der Waals surface area contributed by atoms with Gasteiger partial charge in [-0.1, -0.05) is 18.2 Å². The summed E-state index contributed by atoms with van der Waals surface area (Å²) >= 11 is 0. The Morgan fingerprint density at radius 2 is 2.08 bits per heavy atom. The average Bonchev–Trinajstić information content (AvgIpc) is 3.19. The highest BCUT2D eigenvalue weighted by molar-refractivity contribution is 7.89. The summed E-state index contributed by atoms with van der Waals surface area (Å²) in [7, 11) is -3.54. The van der Waals surface area contributed by atoms with Crippen molar-refractivity contribution < 1.29 is 13.2 Å². The van der Waals surface area contributed by atoms with Crippen LogP contribution in [0.25, 0.3) is 0 Å². The summed E-state index contributed by atoms with van der Waals surface area (Å²) in [6, 6.07) is 8.39. The topological polar surface area (TPSA) is 84.3 Å². The number of hydrogen-bond acceptors (Lipinski definition) is 4. The fourth-order valence-corrected chi connectivity index (χ4v) is 4.70. The minimum Gasteiger partial charge on any atom is -0.356 e. The van der Waals surface area contributed by atoms with Gasteiger partial charge in [0.05, 0.1) is 17.1 Å². The molecule has 3 rings (SSSR count). The van der Waals surface area contributed by atoms with Crippen LogP contribution in [0.15, 0.2) is 53.9 Å². The lowest BCUT2D eigenvalue weighted by Crippen LogP contribution is -2.45. The molecule has 1 aliphatic heterocycles. The van der Waals surface area contributed by atoms with Crippen molar-refractivity contribution in [3.63, 3.8) is 0 Å².